The number of carbonyl (C=O) groups is 1. The molecule has 0 fully saturated rings. The molecule has 1 amide bonds. The molecular weight excluding hydrogens is 325 g/mol. The van der Waals surface area contributed by atoms with E-state index in [1.807, 2.05) is 12.1 Å². The molecule has 2 aromatic carbocycles. The number of methoxy groups -OCH3 is 1. The molecule has 0 saturated heterocycles. The minimum atomic E-state index is -0.590. The van der Waals surface area contributed by atoms with E-state index >= 15 is 0 Å². The van der Waals surface area contributed by atoms with Crippen molar-refractivity contribution in [2.45, 2.75) is 13.0 Å². The smallest absolute Gasteiger partial charge is 0.254 e. The fourth-order valence-electron chi connectivity index (χ4n) is 2.33. The van der Waals surface area contributed by atoms with E-state index in [0.29, 0.717) is 17.1 Å². The first kappa shape index (κ1) is 16.6. The number of nitrogens with zero attached hydrogens (tertiary/aromatic N) is 2. The molecule has 128 valence electrons. The molecule has 0 aliphatic rings. The Morgan fingerprint density at radius 2 is 1.92 bits per heavy atom. The normalized spacial score (nSPS) is 11.8. The molecule has 0 radical (unpaired) electrons. The molecule has 0 spiro atoms. The number of amides is 1. The summed E-state index contributed by atoms with van der Waals surface area (Å²) in [6, 6.07) is 12.4. The van der Waals surface area contributed by atoms with Crippen molar-refractivity contribution in [2.24, 2.45) is 0 Å². The van der Waals surface area contributed by atoms with E-state index in [1.54, 1.807) is 32.2 Å². The van der Waals surface area contributed by atoms with Crippen LogP contribution in [0.5, 0.6) is 5.75 Å². The van der Waals surface area contributed by atoms with Gasteiger partial charge in [0.1, 0.15) is 17.6 Å². The molecule has 1 N–H and O–H groups in total. The van der Waals surface area contributed by atoms with E-state index in [0.717, 1.165) is 0 Å². The number of carbonyl (C=O) groups excluding carboxylic acids is 1. The van der Waals surface area contributed by atoms with Crippen molar-refractivity contribution in [3.63, 3.8) is 0 Å². The van der Waals surface area contributed by atoms with Gasteiger partial charge in [-0.3, -0.25) is 4.79 Å². The Kier molecular flexibility index (Phi) is 4.74. The first-order valence-electron chi connectivity index (χ1n) is 7.62. The van der Waals surface area contributed by atoms with Gasteiger partial charge in [-0.2, -0.15) is 4.98 Å². The Labute approximate surface area is 143 Å². The fourth-order valence-corrected chi connectivity index (χ4v) is 2.33. The molecule has 1 heterocycles. The molecule has 3 aromatic rings. The van der Waals surface area contributed by atoms with Crippen LogP contribution in [0.3, 0.4) is 0 Å². The lowest BCUT2D eigenvalue weighted by Crippen LogP contribution is -2.27. The Morgan fingerprint density at radius 3 is 2.68 bits per heavy atom. The number of nitrogens with one attached hydrogen (secondary N) is 1. The molecular formula is C18H16FN3O3. The first-order chi connectivity index (χ1) is 12.1. The van der Waals surface area contributed by atoms with E-state index < -0.39 is 17.8 Å². The van der Waals surface area contributed by atoms with Gasteiger partial charge >= 0.3 is 0 Å². The minimum Gasteiger partial charge on any atom is -0.496 e. The van der Waals surface area contributed by atoms with Crippen LogP contribution in [-0.2, 0) is 0 Å². The highest BCUT2D eigenvalue weighted by Gasteiger charge is 2.20. The third-order valence-corrected chi connectivity index (χ3v) is 3.63. The minimum absolute atomic E-state index is 0.0428. The number of hydrogen-bond acceptors (Lipinski definition) is 5. The van der Waals surface area contributed by atoms with Gasteiger partial charge in [-0.15, -0.1) is 0 Å². The molecule has 0 aliphatic carbocycles. The van der Waals surface area contributed by atoms with E-state index in [-0.39, 0.29) is 11.5 Å². The summed E-state index contributed by atoms with van der Waals surface area (Å²) in [5.41, 5.74) is 0.631. The van der Waals surface area contributed by atoms with Crippen LogP contribution in [0, 0.1) is 5.82 Å². The van der Waals surface area contributed by atoms with Crippen LogP contribution in [0.2, 0.25) is 0 Å². The predicted octanol–water partition coefficient (Wildman–Crippen LogP) is 3.38. The van der Waals surface area contributed by atoms with Gasteiger partial charge in [0.15, 0.2) is 0 Å². The Balaban J connectivity index is 1.78. The summed E-state index contributed by atoms with van der Waals surface area (Å²) < 4.78 is 24.2. The van der Waals surface area contributed by atoms with Gasteiger partial charge < -0.3 is 14.6 Å². The van der Waals surface area contributed by atoms with Gasteiger partial charge in [0.05, 0.1) is 18.2 Å². The van der Waals surface area contributed by atoms with Gasteiger partial charge in [0.25, 0.3) is 5.91 Å². The van der Waals surface area contributed by atoms with Gasteiger partial charge in [-0.1, -0.05) is 29.4 Å². The van der Waals surface area contributed by atoms with Crippen molar-refractivity contribution < 1.29 is 18.4 Å². The zero-order chi connectivity index (χ0) is 17.8. The van der Waals surface area contributed by atoms with Gasteiger partial charge in [-0.05, 0) is 31.2 Å². The highest BCUT2D eigenvalue weighted by atomic mass is 19.1. The topological polar surface area (TPSA) is 77.3 Å². The molecule has 1 atom stereocenters. The molecule has 25 heavy (non-hydrogen) atoms. The van der Waals surface area contributed by atoms with Crippen LogP contribution in [0.4, 0.5) is 4.39 Å². The monoisotopic (exact) mass is 341 g/mol. The maximum atomic E-state index is 13.7. The highest BCUT2D eigenvalue weighted by Crippen LogP contribution is 2.28. The summed E-state index contributed by atoms with van der Waals surface area (Å²) in [6.07, 6.45) is 0. The van der Waals surface area contributed by atoms with E-state index in [1.165, 1.54) is 18.2 Å². The number of rotatable bonds is 5. The van der Waals surface area contributed by atoms with Gasteiger partial charge in [0, 0.05) is 0 Å². The number of benzene rings is 2. The summed E-state index contributed by atoms with van der Waals surface area (Å²) in [7, 11) is 1.55. The van der Waals surface area contributed by atoms with Crippen molar-refractivity contribution in [1.82, 2.24) is 15.5 Å². The lowest BCUT2D eigenvalue weighted by Gasteiger charge is -2.10. The highest BCUT2D eigenvalue weighted by molar-refractivity contribution is 5.94. The lowest BCUT2D eigenvalue weighted by atomic mass is 10.2. The molecule has 0 saturated carbocycles. The summed E-state index contributed by atoms with van der Waals surface area (Å²) in [5.74, 6) is 0.0259. The van der Waals surface area contributed by atoms with Crippen LogP contribution in [0.15, 0.2) is 53.1 Å². The van der Waals surface area contributed by atoms with Gasteiger partial charge in [0.2, 0.25) is 11.7 Å². The number of halogens is 1. The Bertz CT molecular complexity index is 895. The van der Waals surface area contributed by atoms with Crippen LogP contribution in [-0.4, -0.2) is 23.2 Å². The number of aromatic nitrogens is 2. The quantitative estimate of drug-likeness (QED) is 0.770. The zero-order valence-corrected chi connectivity index (χ0v) is 13.7. The summed E-state index contributed by atoms with van der Waals surface area (Å²) in [5, 5.41) is 6.56. The van der Waals surface area contributed by atoms with Crippen molar-refractivity contribution in [3.8, 4) is 17.1 Å². The lowest BCUT2D eigenvalue weighted by molar-refractivity contribution is 0.0928. The maximum absolute atomic E-state index is 13.7. The average molecular weight is 341 g/mol. The molecule has 3 rings (SSSR count). The molecule has 1 aromatic heterocycles. The van der Waals surface area contributed by atoms with E-state index in [2.05, 4.69) is 15.5 Å². The first-order valence-corrected chi connectivity index (χ1v) is 7.62. The van der Waals surface area contributed by atoms with Crippen LogP contribution in [0.1, 0.15) is 29.2 Å². The standard InChI is InChI=1S/C18H16FN3O3/c1-11(20-17(23)12-7-3-5-9-14(12)19)18-21-16(22-25-18)13-8-4-6-10-15(13)24-2/h3-11H,1-2H3,(H,20,23). The van der Waals surface area contributed by atoms with Crippen molar-refractivity contribution in [3.05, 3.63) is 65.8 Å². The molecule has 7 heteroatoms. The van der Waals surface area contributed by atoms with Crippen molar-refractivity contribution in [1.29, 1.82) is 0 Å². The number of ether oxygens (including phenoxy) is 1. The third-order valence-electron chi connectivity index (χ3n) is 3.63. The SMILES string of the molecule is COc1ccccc1-c1noc(C(C)NC(=O)c2ccccc2F)n1. The predicted molar refractivity (Wildman–Crippen MR) is 88.6 cm³/mol. The number of hydrogen-bond donors (Lipinski definition) is 1. The number of para-hydroxylation sites is 1. The van der Waals surface area contributed by atoms with Crippen molar-refractivity contribution >= 4 is 5.91 Å². The van der Waals surface area contributed by atoms with Crippen LogP contribution >= 0.6 is 0 Å². The second-order valence-corrected chi connectivity index (χ2v) is 5.33. The largest absolute Gasteiger partial charge is 0.496 e. The Morgan fingerprint density at radius 1 is 1.20 bits per heavy atom. The van der Waals surface area contributed by atoms with Crippen molar-refractivity contribution in [2.75, 3.05) is 7.11 Å². The third kappa shape index (κ3) is 3.50. The summed E-state index contributed by atoms with van der Waals surface area (Å²) >= 11 is 0. The average Bonchev–Trinajstić information content (AvgIpc) is 3.12. The maximum Gasteiger partial charge on any atom is 0.254 e. The van der Waals surface area contributed by atoms with Crippen LogP contribution < -0.4 is 10.1 Å². The summed E-state index contributed by atoms with van der Waals surface area (Å²) in [6.45, 7) is 1.68. The molecule has 1 unspecified atom stereocenters. The summed E-state index contributed by atoms with van der Waals surface area (Å²) in [4.78, 5) is 16.5. The second-order valence-electron chi connectivity index (χ2n) is 5.33. The van der Waals surface area contributed by atoms with Crippen LogP contribution in [0.25, 0.3) is 11.4 Å². The van der Waals surface area contributed by atoms with Gasteiger partial charge in [-0.25, -0.2) is 4.39 Å². The zero-order valence-electron chi connectivity index (χ0n) is 13.7. The Hall–Kier alpha value is -3.22. The molecule has 6 nitrogen and oxygen atoms in total. The van der Waals surface area contributed by atoms with E-state index in [4.69, 9.17) is 9.26 Å². The second kappa shape index (κ2) is 7.12. The fraction of sp³-hybridized carbons (Fsp3) is 0.167. The molecule has 0 aliphatic heterocycles. The molecule has 0 bridgehead atoms. The van der Waals surface area contributed by atoms with E-state index in [9.17, 15) is 9.18 Å².